The van der Waals surface area contributed by atoms with Crippen molar-refractivity contribution in [1.82, 2.24) is 45.4 Å². The van der Waals surface area contributed by atoms with Gasteiger partial charge in [0.25, 0.3) is 5.56 Å². The predicted octanol–water partition coefficient (Wildman–Crippen LogP) is 3.93. The number of cyclic esters (lactones) is 1. The van der Waals surface area contributed by atoms with Gasteiger partial charge in [-0.25, -0.2) is 19.3 Å². The summed E-state index contributed by atoms with van der Waals surface area (Å²) in [5.41, 5.74) is 2.85. The van der Waals surface area contributed by atoms with Gasteiger partial charge >= 0.3 is 12.1 Å². The minimum absolute atomic E-state index is 0.0188. The van der Waals surface area contributed by atoms with Gasteiger partial charge in [-0.3, -0.25) is 33.7 Å². The number of rotatable bonds is 21. The summed E-state index contributed by atoms with van der Waals surface area (Å²) in [6.07, 6.45) is 4.88. The highest BCUT2D eigenvalue weighted by molar-refractivity contribution is 6.03. The Morgan fingerprint density at radius 2 is 1.69 bits per heavy atom. The summed E-state index contributed by atoms with van der Waals surface area (Å²) in [6.45, 7) is 15.0. The lowest BCUT2D eigenvalue weighted by atomic mass is 9.81. The average molecular weight is 1070 g/mol. The van der Waals surface area contributed by atoms with E-state index >= 15 is 0 Å². The summed E-state index contributed by atoms with van der Waals surface area (Å²) in [6, 6.07) is 6.74. The Hall–Kier alpha value is -7.27. The van der Waals surface area contributed by atoms with Crippen molar-refractivity contribution < 1.29 is 62.4 Å². The molecule has 3 atom stereocenters. The average Bonchev–Trinajstić information content (AvgIpc) is 4.09. The molecule has 1 saturated heterocycles. The maximum Gasteiger partial charge on any atom is 0.509 e. The predicted molar refractivity (Wildman–Crippen MR) is 276 cm³/mol. The van der Waals surface area contributed by atoms with E-state index in [9.17, 15) is 43.5 Å². The lowest BCUT2D eigenvalue weighted by Crippen LogP contribution is -2.47. The fraction of sp³-hybridized carbons (Fsp3) is 0.574. The molecule has 3 unspecified atom stereocenters. The van der Waals surface area contributed by atoms with Crippen LogP contribution in [0.1, 0.15) is 115 Å². The third-order valence-corrected chi connectivity index (χ3v) is 14.7. The van der Waals surface area contributed by atoms with E-state index in [4.69, 9.17) is 28.7 Å². The van der Waals surface area contributed by atoms with E-state index in [0.717, 1.165) is 42.2 Å². The minimum Gasteiger partial charge on any atom is -0.508 e. The maximum absolute atomic E-state index is 13.6. The summed E-state index contributed by atoms with van der Waals surface area (Å²) in [5, 5.41) is 27.4. The number of ether oxygens (including phenoxy) is 5. The largest absolute Gasteiger partial charge is 0.509 e. The van der Waals surface area contributed by atoms with Gasteiger partial charge in [-0.05, 0) is 94.0 Å². The Morgan fingerprint density at radius 1 is 0.935 bits per heavy atom. The molecule has 3 aliphatic heterocycles. The van der Waals surface area contributed by atoms with E-state index in [0.29, 0.717) is 86.3 Å². The quantitative estimate of drug-likeness (QED) is 0.0460. The van der Waals surface area contributed by atoms with Crippen LogP contribution in [-0.4, -0.2) is 128 Å². The second kappa shape index (κ2) is 25.7. The van der Waals surface area contributed by atoms with Gasteiger partial charge in [-0.15, -0.1) is 5.10 Å². The zero-order chi connectivity index (χ0) is 55.6. The molecular weight excluding hydrogens is 999 g/mol. The lowest BCUT2D eigenvalue weighted by Gasteiger charge is -2.35. The Morgan fingerprint density at radius 3 is 2.38 bits per heavy atom. The molecule has 6 heterocycles. The summed E-state index contributed by atoms with van der Waals surface area (Å²) in [4.78, 5) is 105. The smallest absolute Gasteiger partial charge is 0.508 e. The molecule has 416 valence electrons. The van der Waals surface area contributed by atoms with E-state index < -0.39 is 17.7 Å². The van der Waals surface area contributed by atoms with E-state index in [-0.39, 0.29) is 110 Å². The molecule has 8 rings (SSSR count). The Balaban J connectivity index is 0.000000229. The van der Waals surface area contributed by atoms with E-state index in [2.05, 4.69) is 26.3 Å². The van der Waals surface area contributed by atoms with Gasteiger partial charge < -0.3 is 49.3 Å². The zero-order valence-corrected chi connectivity index (χ0v) is 44.9. The van der Waals surface area contributed by atoms with Crippen molar-refractivity contribution in [2.24, 2.45) is 23.7 Å². The lowest BCUT2D eigenvalue weighted by molar-refractivity contribution is -0.175. The first-order chi connectivity index (χ1) is 36.9. The topological polar surface area (TPSA) is 291 Å². The number of nitrogens with one attached hydrogen (secondary N) is 3. The highest BCUT2D eigenvalue weighted by Gasteiger charge is 2.51. The second-order valence-electron chi connectivity index (χ2n) is 20.2. The van der Waals surface area contributed by atoms with Crippen molar-refractivity contribution in [2.75, 3.05) is 46.1 Å². The van der Waals surface area contributed by atoms with Crippen LogP contribution in [0, 0.1) is 23.7 Å². The van der Waals surface area contributed by atoms with E-state index in [1.54, 1.807) is 60.5 Å². The number of hydrogen-bond acceptors (Lipinski definition) is 17. The molecule has 3 aromatic heterocycles. The van der Waals surface area contributed by atoms with Crippen LogP contribution in [0.2, 0.25) is 0 Å². The van der Waals surface area contributed by atoms with Crippen molar-refractivity contribution in [1.29, 1.82) is 0 Å². The molecular formula is C54H71N9O14. The number of pyridine rings is 2. The number of phenolic OH excluding ortho intramolecular Hbond substituents is 1. The normalized spacial score (nSPS) is 19.9. The van der Waals surface area contributed by atoms with Crippen LogP contribution < -0.4 is 21.5 Å². The number of aromatic nitrogens is 5. The molecule has 4 aliphatic rings. The number of aryl methyl sites for hydroxylation is 1. The number of fused-ring (bicyclic) bond motifs is 5. The monoisotopic (exact) mass is 1070 g/mol. The van der Waals surface area contributed by atoms with Crippen molar-refractivity contribution in [3.8, 4) is 17.1 Å². The van der Waals surface area contributed by atoms with Gasteiger partial charge in [0, 0.05) is 53.9 Å². The number of phenols is 1. The number of likely N-dealkylation sites (tertiary alicyclic amines) is 1. The van der Waals surface area contributed by atoms with Crippen molar-refractivity contribution in [2.45, 2.75) is 131 Å². The first kappa shape index (κ1) is 57.4. The van der Waals surface area contributed by atoms with Crippen molar-refractivity contribution >= 4 is 52.6 Å². The highest BCUT2D eigenvalue weighted by Crippen LogP contribution is 2.42. The van der Waals surface area contributed by atoms with E-state index in [1.807, 2.05) is 27.7 Å². The zero-order valence-electron chi connectivity index (χ0n) is 44.9. The Labute approximate surface area is 446 Å². The van der Waals surface area contributed by atoms with Crippen molar-refractivity contribution in [3.63, 3.8) is 0 Å². The molecule has 4 N–H and O–H groups in total. The van der Waals surface area contributed by atoms with Crippen LogP contribution in [-0.2, 0) is 90.7 Å². The summed E-state index contributed by atoms with van der Waals surface area (Å²) in [5.74, 6) is -1.11. The minimum atomic E-state index is -1.78. The summed E-state index contributed by atoms with van der Waals surface area (Å²) < 4.78 is 29.6. The Kier molecular flexibility index (Phi) is 19.2. The van der Waals surface area contributed by atoms with Gasteiger partial charge in [0.2, 0.25) is 35.1 Å². The number of hydrogen-bond donors (Lipinski definition) is 4. The van der Waals surface area contributed by atoms with Gasteiger partial charge in [0.15, 0.2) is 0 Å². The Bertz CT molecular complexity index is 2910. The van der Waals surface area contributed by atoms with Gasteiger partial charge in [-0.2, -0.15) is 0 Å². The first-order valence-electron chi connectivity index (χ1n) is 26.5. The highest BCUT2D eigenvalue weighted by atomic mass is 16.7. The van der Waals surface area contributed by atoms with Gasteiger partial charge in [0.1, 0.15) is 31.3 Å². The standard InChI is InChI=1S/C29H47N7O7.C25H24N2O7/c1-19(2)21(4)32-26(38)18-43-17-25(37)30-9-11-42-12-10-35-16-24(33-34-35)14-31-28(40)23-7-5-22(6-8-23)15-36-27(39)13-20(3)29(36)41;1-4-14-15-9-13(28)7-8-19(15)26-21-16(14)11-27-20(21)10-18-17(22(27)29)12-33-23(30)25(18,5-2)34-24(31)32-6-3/h16,19-23H,5-15,17-18H2,1-4H3,(H,30,37)(H,31,40)(H,32,38);7-10,28H,4-6,11-12H2,1-3H3. The first-order valence-corrected chi connectivity index (χ1v) is 26.5. The third kappa shape index (κ3) is 13.5. The van der Waals surface area contributed by atoms with Crippen LogP contribution in [0.3, 0.4) is 0 Å². The maximum atomic E-state index is 13.6. The molecule has 4 aromatic rings. The van der Waals surface area contributed by atoms with Gasteiger partial charge in [0.05, 0.1) is 68.1 Å². The second-order valence-corrected chi connectivity index (χ2v) is 20.2. The van der Waals surface area contributed by atoms with Crippen LogP contribution in [0.25, 0.3) is 22.3 Å². The molecule has 1 aliphatic carbocycles. The molecule has 23 nitrogen and oxygen atoms in total. The number of carbonyl (C=O) groups is 7. The number of amides is 5. The van der Waals surface area contributed by atoms with E-state index in [1.165, 1.54) is 4.90 Å². The molecule has 77 heavy (non-hydrogen) atoms. The molecule has 0 bridgehead atoms. The SMILES string of the molecule is CC1CC(=O)N(CC2CCC(C(=O)NCc3cn(CCOCCNC(=O)COCC(=O)NC(C)C(C)C)nn3)CC2)C1=O.CCOC(=O)OC1(CC)C(=O)OCc2c1cc1n(c2=O)Cc2c-1nc1ccc(O)cc1c2CC. The van der Waals surface area contributed by atoms with Crippen LogP contribution in [0.15, 0.2) is 35.3 Å². The molecule has 1 aromatic carbocycles. The number of imide groups is 1. The molecule has 1 saturated carbocycles. The molecule has 0 radical (unpaired) electrons. The van der Waals surface area contributed by atoms with Crippen LogP contribution in [0.4, 0.5) is 4.79 Å². The van der Waals surface area contributed by atoms with Crippen LogP contribution in [0.5, 0.6) is 5.75 Å². The van der Waals surface area contributed by atoms with Crippen LogP contribution >= 0.6 is 0 Å². The number of esters is 1. The number of aromatic hydroxyl groups is 1. The fourth-order valence-electron chi connectivity index (χ4n) is 10.0. The molecule has 0 spiro atoms. The number of nitrogens with zero attached hydrogens (tertiary/aromatic N) is 6. The number of carbonyl (C=O) groups excluding carboxylic acids is 7. The third-order valence-electron chi connectivity index (χ3n) is 14.7. The van der Waals surface area contributed by atoms with Crippen molar-refractivity contribution in [3.05, 3.63) is 68.8 Å². The fourth-order valence-corrected chi connectivity index (χ4v) is 10.0. The number of benzene rings is 1. The molecule has 2 fully saturated rings. The summed E-state index contributed by atoms with van der Waals surface area (Å²) >= 11 is 0. The summed E-state index contributed by atoms with van der Waals surface area (Å²) in [7, 11) is 0. The molecule has 5 amide bonds. The molecule has 23 heteroatoms. The van der Waals surface area contributed by atoms with Gasteiger partial charge in [-0.1, -0.05) is 39.8 Å².